The molecule has 2 nitrogen and oxygen atoms in total. The van der Waals surface area contributed by atoms with Crippen LogP contribution in [0.4, 0.5) is 0 Å². The molecule has 2 heteroatoms. The maximum absolute atomic E-state index is 10.9. The molecule has 57 valence electrons. The Balaban J connectivity index is 1.95. The molecule has 0 aromatic rings. The second-order valence-electron chi connectivity index (χ2n) is 2.77. The van der Waals surface area contributed by atoms with E-state index in [1.54, 1.807) is 0 Å². The van der Waals surface area contributed by atoms with E-state index in [4.69, 9.17) is 0 Å². The molecule has 1 aliphatic rings. The highest BCUT2D eigenvalue weighted by atomic mass is 16.2. The van der Waals surface area contributed by atoms with E-state index in [0.29, 0.717) is 5.92 Å². The molecule has 1 aliphatic carbocycles. The molecule has 1 saturated carbocycles. The fraction of sp³-hybridized carbons (Fsp3) is 0.750. The normalized spacial score (nSPS) is 16.9. The molecule has 1 radical (unpaired) electrons. The second kappa shape index (κ2) is 3.59. The van der Waals surface area contributed by atoms with Gasteiger partial charge in [0.2, 0.25) is 5.91 Å². The molecule has 0 atom stereocenters. The van der Waals surface area contributed by atoms with Gasteiger partial charge in [0.25, 0.3) is 0 Å². The van der Waals surface area contributed by atoms with Crippen LogP contribution < -0.4 is 5.32 Å². The van der Waals surface area contributed by atoms with Gasteiger partial charge < -0.3 is 5.32 Å². The number of unbranched alkanes of at least 4 members (excludes halogenated alkanes) is 1. The predicted molar refractivity (Wildman–Crippen MR) is 40.3 cm³/mol. The highest BCUT2D eigenvalue weighted by Gasteiger charge is 2.28. The van der Waals surface area contributed by atoms with Gasteiger partial charge in [-0.25, -0.2) is 0 Å². The third-order valence-corrected chi connectivity index (χ3v) is 1.67. The monoisotopic (exact) mass is 140 g/mol. The van der Waals surface area contributed by atoms with Gasteiger partial charge in [-0.3, -0.25) is 4.79 Å². The smallest absolute Gasteiger partial charge is 0.223 e. The van der Waals surface area contributed by atoms with Gasteiger partial charge in [-0.2, -0.15) is 0 Å². The van der Waals surface area contributed by atoms with Gasteiger partial charge in [0.1, 0.15) is 0 Å². The van der Waals surface area contributed by atoms with Crippen LogP contribution in [0.2, 0.25) is 0 Å². The zero-order valence-corrected chi connectivity index (χ0v) is 6.23. The fourth-order valence-electron chi connectivity index (χ4n) is 0.826. The number of rotatable bonds is 4. The maximum Gasteiger partial charge on any atom is 0.223 e. The molecule has 0 heterocycles. The lowest BCUT2D eigenvalue weighted by Gasteiger charge is -2.00. The van der Waals surface area contributed by atoms with Crippen molar-refractivity contribution in [2.45, 2.75) is 25.7 Å². The van der Waals surface area contributed by atoms with Gasteiger partial charge in [0, 0.05) is 12.5 Å². The first-order valence-corrected chi connectivity index (χ1v) is 3.91. The Kier molecular flexibility index (Phi) is 2.72. The first-order chi connectivity index (χ1) is 4.84. The summed E-state index contributed by atoms with van der Waals surface area (Å²) in [6.45, 7) is 4.50. The lowest BCUT2D eigenvalue weighted by atomic mass is 10.3. The summed E-state index contributed by atoms with van der Waals surface area (Å²) in [4.78, 5) is 10.9. The Labute approximate surface area is 62.0 Å². The molecule has 0 aromatic carbocycles. The van der Waals surface area contributed by atoms with Gasteiger partial charge >= 0.3 is 0 Å². The lowest BCUT2D eigenvalue weighted by Crippen LogP contribution is -2.25. The van der Waals surface area contributed by atoms with E-state index in [9.17, 15) is 4.79 Å². The summed E-state index contributed by atoms with van der Waals surface area (Å²) in [7, 11) is 0. The molecule has 0 saturated heterocycles. The van der Waals surface area contributed by atoms with Crippen molar-refractivity contribution in [2.24, 2.45) is 5.92 Å². The van der Waals surface area contributed by atoms with Crippen LogP contribution in [-0.2, 0) is 4.79 Å². The molecular formula is C8H14NO. The van der Waals surface area contributed by atoms with Gasteiger partial charge in [-0.05, 0) is 19.3 Å². The SMILES string of the molecule is [CH2]CCCNC(=O)C1CC1. The first-order valence-electron chi connectivity index (χ1n) is 3.91. The molecule has 1 fully saturated rings. The van der Waals surface area contributed by atoms with Gasteiger partial charge in [0.15, 0.2) is 0 Å². The van der Waals surface area contributed by atoms with Gasteiger partial charge in [-0.15, -0.1) is 0 Å². The van der Waals surface area contributed by atoms with Crippen LogP contribution in [0.15, 0.2) is 0 Å². The van der Waals surface area contributed by atoms with Crippen molar-refractivity contribution in [2.75, 3.05) is 6.54 Å². The third-order valence-electron chi connectivity index (χ3n) is 1.67. The van der Waals surface area contributed by atoms with Crippen LogP contribution in [-0.4, -0.2) is 12.5 Å². The van der Waals surface area contributed by atoms with Crippen molar-refractivity contribution in [3.8, 4) is 0 Å². The van der Waals surface area contributed by atoms with E-state index in [1.807, 2.05) is 0 Å². The quantitative estimate of drug-likeness (QED) is 0.583. The highest BCUT2D eigenvalue weighted by Crippen LogP contribution is 2.28. The molecule has 1 N–H and O–H groups in total. The number of hydrogen-bond acceptors (Lipinski definition) is 1. The van der Waals surface area contributed by atoms with E-state index in [2.05, 4.69) is 12.2 Å². The number of nitrogens with one attached hydrogen (secondary N) is 1. The van der Waals surface area contributed by atoms with Crippen LogP contribution in [0.3, 0.4) is 0 Å². The Morgan fingerprint density at radius 2 is 2.30 bits per heavy atom. The number of carbonyl (C=O) groups excluding carboxylic acids is 1. The largest absolute Gasteiger partial charge is 0.356 e. The summed E-state index contributed by atoms with van der Waals surface area (Å²) in [5, 5.41) is 2.87. The van der Waals surface area contributed by atoms with Crippen molar-refractivity contribution in [3.63, 3.8) is 0 Å². The van der Waals surface area contributed by atoms with Crippen LogP contribution >= 0.6 is 0 Å². The van der Waals surface area contributed by atoms with Crippen molar-refractivity contribution >= 4 is 5.91 Å². The molecule has 0 aromatic heterocycles. The highest BCUT2D eigenvalue weighted by molar-refractivity contribution is 5.80. The third kappa shape index (κ3) is 2.38. The van der Waals surface area contributed by atoms with E-state index < -0.39 is 0 Å². The molecule has 10 heavy (non-hydrogen) atoms. The fourth-order valence-corrected chi connectivity index (χ4v) is 0.826. The number of amides is 1. The minimum absolute atomic E-state index is 0.244. The van der Waals surface area contributed by atoms with E-state index in [-0.39, 0.29) is 5.91 Å². The lowest BCUT2D eigenvalue weighted by molar-refractivity contribution is -0.122. The summed E-state index contributed by atoms with van der Waals surface area (Å²) in [5.74, 6) is 0.596. The van der Waals surface area contributed by atoms with Gasteiger partial charge in [0.05, 0.1) is 0 Å². The van der Waals surface area contributed by atoms with Crippen LogP contribution in [0.1, 0.15) is 25.7 Å². The van der Waals surface area contributed by atoms with E-state index in [0.717, 1.165) is 32.2 Å². The molecule has 1 amide bonds. The molecular weight excluding hydrogens is 126 g/mol. The molecule has 0 bridgehead atoms. The summed E-state index contributed by atoms with van der Waals surface area (Å²) < 4.78 is 0. The average molecular weight is 140 g/mol. The number of carbonyl (C=O) groups is 1. The molecule has 0 unspecified atom stereocenters. The summed E-state index contributed by atoms with van der Waals surface area (Å²) in [6, 6.07) is 0. The molecule has 0 aliphatic heterocycles. The minimum atomic E-state index is 0.244. The minimum Gasteiger partial charge on any atom is -0.356 e. The second-order valence-corrected chi connectivity index (χ2v) is 2.77. The Morgan fingerprint density at radius 3 is 2.80 bits per heavy atom. The van der Waals surface area contributed by atoms with Gasteiger partial charge in [-0.1, -0.05) is 13.3 Å². The van der Waals surface area contributed by atoms with Crippen molar-refractivity contribution in [1.29, 1.82) is 0 Å². The molecule has 0 spiro atoms. The summed E-state index contributed by atoms with van der Waals surface area (Å²) >= 11 is 0. The first kappa shape index (κ1) is 7.58. The van der Waals surface area contributed by atoms with Crippen LogP contribution in [0.5, 0.6) is 0 Å². The van der Waals surface area contributed by atoms with Crippen molar-refractivity contribution < 1.29 is 4.79 Å². The predicted octanol–water partition coefficient (Wildman–Crippen LogP) is 1.13. The standard InChI is InChI=1S/C8H14NO/c1-2-3-6-9-8(10)7-4-5-7/h7H,1-6H2,(H,9,10). The van der Waals surface area contributed by atoms with Crippen molar-refractivity contribution in [3.05, 3.63) is 6.92 Å². The zero-order valence-electron chi connectivity index (χ0n) is 6.23. The van der Waals surface area contributed by atoms with Crippen LogP contribution in [0.25, 0.3) is 0 Å². The van der Waals surface area contributed by atoms with E-state index in [1.165, 1.54) is 0 Å². The Hall–Kier alpha value is -0.530. The Bertz CT molecular complexity index is 118. The number of hydrogen-bond donors (Lipinski definition) is 1. The van der Waals surface area contributed by atoms with Crippen LogP contribution in [0, 0.1) is 12.8 Å². The zero-order chi connectivity index (χ0) is 7.40. The van der Waals surface area contributed by atoms with E-state index >= 15 is 0 Å². The van der Waals surface area contributed by atoms with Crippen molar-refractivity contribution in [1.82, 2.24) is 5.32 Å². The average Bonchev–Trinajstić information content (AvgIpc) is 2.69. The Morgan fingerprint density at radius 1 is 1.60 bits per heavy atom. The topological polar surface area (TPSA) is 29.1 Å². The molecule has 1 rings (SSSR count). The summed E-state index contributed by atoms with van der Waals surface area (Å²) in [6.07, 6.45) is 4.09. The summed E-state index contributed by atoms with van der Waals surface area (Å²) in [5.41, 5.74) is 0. The maximum atomic E-state index is 10.9.